The van der Waals surface area contributed by atoms with Crippen molar-refractivity contribution in [3.8, 4) is 0 Å². The summed E-state index contributed by atoms with van der Waals surface area (Å²) in [5.41, 5.74) is 1.04. The van der Waals surface area contributed by atoms with Crippen LogP contribution in [0.15, 0.2) is 40.9 Å². The average Bonchev–Trinajstić information content (AvgIpc) is 3.32. The number of hydrogen-bond donors (Lipinski definition) is 1. The van der Waals surface area contributed by atoms with Crippen molar-refractivity contribution in [2.45, 2.75) is 12.8 Å². The van der Waals surface area contributed by atoms with Gasteiger partial charge in [0.15, 0.2) is 11.5 Å². The van der Waals surface area contributed by atoms with Gasteiger partial charge in [0.2, 0.25) is 0 Å². The summed E-state index contributed by atoms with van der Waals surface area (Å²) in [5.74, 6) is 0.424. The van der Waals surface area contributed by atoms with E-state index in [9.17, 15) is 9.59 Å². The Kier molecular flexibility index (Phi) is 4.62. The number of nitrogens with one attached hydrogen (secondary N) is 1. The molecule has 4 rings (SSSR count). The number of carbonyl (C=O) groups excluding carboxylic acids is 2. The summed E-state index contributed by atoms with van der Waals surface area (Å²) in [6.45, 7) is 1.88. The second-order valence-electron chi connectivity index (χ2n) is 6.87. The van der Waals surface area contributed by atoms with E-state index in [-0.39, 0.29) is 11.8 Å². The van der Waals surface area contributed by atoms with Gasteiger partial charge in [-0.3, -0.25) is 14.3 Å². The number of amides is 2. The summed E-state index contributed by atoms with van der Waals surface area (Å²) in [4.78, 5) is 26.5. The summed E-state index contributed by atoms with van der Waals surface area (Å²) in [6, 6.07) is 9.40. The third-order valence-electron chi connectivity index (χ3n) is 4.92. The summed E-state index contributed by atoms with van der Waals surface area (Å²) < 4.78 is 7.17. The van der Waals surface area contributed by atoms with Crippen LogP contribution in [0.25, 0.3) is 11.0 Å². The number of furan rings is 1. The molecule has 0 aliphatic carbocycles. The molecule has 8 nitrogen and oxygen atoms in total. The zero-order valence-electron chi connectivity index (χ0n) is 15.1. The van der Waals surface area contributed by atoms with E-state index in [1.54, 1.807) is 19.3 Å². The zero-order valence-corrected chi connectivity index (χ0v) is 15.1. The van der Waals surface area contributed by atoms with Crippen molar-refractivity contribution in [1.29, 1.82) is 0 Å². The molecule has 0 bridgehead atoms. The van der Waals surface area contributed by atoms with E-state index < -0.39 is 0 Å². The van der Waals surface area contributed by atoms with Crippen LogP contribution in [0.4, 0.5) is 0 Å². The molecule has 0 unspecified atom stereocenters. The molecule has 1 saturated heterocycles. The highest BCUT2D eigenvalue weighted by atomic mass is 16.3. The molecule has 1 N–H and O–H groups in total. The predicted molar refractivity (Wildman–Crippen MR) is 98.2 cm³/mol. The molecule has 0 radical (unpaired) electrons. The minimum absolute atomic E-state index is 0.0757. The lowest BCUT2D eigenvalue weighted by molar-refractivity contribution is 0.0655. The molecule has 2 amide bonds. The van der Waals surface area contributed by atoms with Crippen molar-refractivity contribution in [2.75, 3.05) is 19.6 Å². The molecular formula is C19H21N5O3. The topological polar surface area (TPSA) is 93.3 Å². The van der Waals surface area contributed by atoms with Crippen LogP contribution in [0.5, 0.6) is 0 Å². The van der Waals surface area contributed by atoms with E-state index >= 15 is 0 Å². The first-order chi connectivity index (χ1) is 13.1. The van der Waals surface area contributed by atoms with Gasteiger partial charge >= 0.3 is 0 Å². The highest BCUT2D eigenvalue weighted by Crippen LogP contribution is 2.23. The molecule has 140 valence electrons. The Balaban J connectivity index is 1.29. The predicted octanol–water partition coefficient (Wildman–Crippen LogP) is 1.84. The highest BCUT2D eigenvalue weighted by Gasteiger charge is 2.26. The van der Waals surface area contributed by atoms with Gasteiger partial charge in [-0.2, -0.15) is 0 Å². The Morgan fingerprint density at radius 2 is 2.04 bits per heavy atom. The second kappa shape index (κ2) is 7.22. The molecule has 27 heavy (non-hydrogen) atoms. The van der Waals surface area contributed by atoms with Gasteiger partial charge in [0, 0.05) is 32.1 Å². The molecular weight excluding hydrogens is 346 g/mol. The first kappa shape index (κ1) is 17.3. The minimum Gasteiger partial charge on any atom is -0.451 e. The van der Waals surface area contributed by atoms with Crippen molar-refractivity contribution in [3.63, 3.8) is 0 Å². The Morgan fingerprint density at radius 3 is 2.74 bits per heavy atom. The van der Waals surface area contributed by atoms with Crippen molar-refractivity contribution in [2.24, 2.45) is 13.0 Å². The van der Waals surface area contributed by atoms with Crippen molar-refractivity contribution in [1.82, 2.24) is 25.2 Å². The summed E-state index contributed by atoms with van der Waals surface area (Å²) in [5, 5.41) is 11.4. The van der Waals surface area contributed by atoms with E-state index in [1.165, 1.54) is 4.68 Å². The third-order valence-corrected chi connectivity index (χ3v) is 4.92. The Hall–Kier alpha value is -3.16. The number of rotatable bonds is 4. The molecule has 2 aromatic heterocycles. The first-order valence-corrected chi connectivity index (χ1v) is 9.02. The summed E-state index contributed by atoms with van der Waals surface area (Å²) >= 11 is 0. The van der Waals surface area contributed by atoms with Crippen molar-refractivity contribution >= 4 is 22.8 Å². The van der Waals surface area contributed by atoms with Gasteiger partial charge in [-0.15, -0.1) is 5.10 Å². The number of piperidine rings is 1. The lowest BCUT2D eigenvalue weighted by atomic mass is 9.96. The maximum atomic E-state index is 12.7. The highest BCUT2D eigenvalue weighted by molar-refractivity contribution is 5.96. The Labute approximate surface area is 156 Å². The van der Waals surface area contributed by atoms with Gasteiger partial charge in [0.1, 0.15) is 5.58 Å². The maximum Gasteiger partial charge on any atom is 0.289 e. The van der Waals surface area contributed by atoms with Gasteiger partial charge in [0.25, 0.3) is 11.8 Å². The molecule has 3 aromatic rings. The molecule has 1 fully saturated rings. The monoisotopic (exact) mass is 367 g/mol. The van der Waals surface area contributed by atoms with Crippen LogP contribution < -0.4 is 5.32 Å². The number of hydrogen-bond acceptors (Lipinski definition) is 5. The standard InChI is InChI=1S/C19H21N5O3/c1-23-12-15(21-22-23)18(25)20-11-13-6-8-24(9-7-13)19(26)17-10-14-4-2-3-5-16(14)27-17/h2-5,10,12-13H,6-9,11H2,1H3,(H,20,25). The molecule has 1 aliphatic heterocycles. The average molecular weight is 367 g/mol. The largest absolute Gasteiger partial charge is 0.451 e. The van der Waals surface area contributed by atoms with E-state index in [4.69, 9.17) is 4.42 Å². The molecule has 1 aromatic carbocycles. The van der Waals surface area contributed by atoms with E-state index in [0.29, 0.717) is 37.0 Å². The number of benzene rings is 1. The first-order valence-electron chi connectivity index (χ1n) is 9.02. The van der Waals surface area contributed by atoms with E-state index in [1.807, 2.05) is 29.2 Å². The van der Waals surface area contributed by atoms with Crippen molar-refractivity contribution < 1.29 is 14.0 Å². The summed E-state index contributed by atoms with van der Waals surface area (Å²) in [7, 11) is 1.72. The maximum absolute atomic E-state index is 12.7. The number of aromatic nitrogens is 3. The normalized spacial score (nSPS) is 15.2. The number of para-hydroxylation sites is 1. The van der Waals surface area contributed by atoms with Crippen LogP contribution in [0.3, 0.4) is 0 Å². The van der Waals surface area contributed by atoms with Crippen LogP contribution >= 0.6 is 0 Å². The fraction of sp³-hybridized carbons (Fsp3) is 0.368. The number of carbonyl (C=O) groups is 2. The van der Waals surface area contributed by atoms with Crippen LogP contribution in [0.1, 0.15) is 33.9 Å². The van der Waals surface area contributed by atoms with Crippen LogP contribution in [0, 0.1) is 5.92 Å². The molecule has 0 spiro atoms. The fourth-order valence-corrected chi connectivity index (χ4v) is 3.36. The number of nitrogens with zero attached hydrogens (tertiary/aromatic N) is 4. The molecule has 1 aliphatic rings. The second-order valence-corrected chi connectivity index (χ2v) is 6.87. The van der Waals surface area contributed by atoms with Gasteiger partial charge < -0.3 is 14.6 Å². The smallest absolute Gasteiger partial charge is 0.289 e. The van der Waals surface area contributed by atoms with Crippen LogP contribution in [-0.4, -0.2) is 51.3 Å². The lowest BCUT2D eigenvalue weighted by Crippen LogP contribution is -2.41. The van der Waals surface area contributed by atoms with Crippen molar-refractivity contribution in [3.05, 3.63) is 48.0 Å². The third kappa shape index (κ3) is 3.69. The van der Waals surface area contributed by atoms with Gasteiger partial charge in [-0.05, 0) is 30.9 Å². The van der Waals surface area contributed by atoms with Crippen LogP contribution in [0.2, 0.25) is 0 Å². The molecule has 0 atom stereocenters. The number of fused-ring (bicyclic) bond motifs is 1. The molecule has 8 heteroatoms. The van der Waals surface area contributed by atoms with E-state index in [0.717, 1.165) is 23.8 Å². The number of likely N-dealkylation sites (tertiary alicyclic amines) is 1. The van der Waals surface area contributed by atoms with Crippen LogP contribution in [-0.2, 0) is 7.05 Å². The fourth-order valence-electron chi connectivity index (χ4n) is 3.36. The van der Waals surface area contributed by atoms with Gasteiger partial charge in [-0.1, -0.05) is 23.4 Å². The quantitative estimate of drug-likeness (QED) is 0.759. The van der Waals surface area contributed by atoms with E-state index in [2.05, 4.69) is 15.6 Å². The Morgan fingerprint density at radius 1 is 1.26 bits per heavy atom. The SMILES string of the molecule is Cn1cc(C(=O)NCC2CCN(C(=O)c3cc4ccccc4o3)CC2)nn1. The summed E-state index contributed by atoms with van der Waals surface area (Å²) in [6.07, 6.45) is 3.27. The van der Waals surface area contributed by atoms with Gasteiger partial charge in [0.05, 0.1) is 6.20 Å². The minimum atomic E-state index is -0.219. The molecule has 3 heterocycles. The lowest BCUT2D eigenvalue weighted by Gasteiger charge is -2.31. The Bertz CT molecular complexity index is 936. The zero-order chi connectivity index (χ0) is 18.8. The number of aryl methyl sites for hydroxylation is 1. The molecule has 0 saturated carbocycles. The van der Waals surface area contributed by atoms with Gasteiger partial charge in [-0.25, -0.2) is 0 Å².